The summed E-state index contributed by atoms with van der Waals surface area (Å²) in [6.07, 6.45) is 5.26. The summed E-state index contributed by atoms with van der Waals surface area (Å²) in [7, 11) is 0. The molecule has 1 aliphatic carbocycles. The summed E-state index contributed by atoms with van der Waals surface area (Å²) in [5.41, 5.74) is 0. The Kier molecular flexibility index (Phi) is 4.50. The molecule has 2 N–H and O–H groups in total. The fraction of sp³-hybridized carbons (Fsp3) is 0.692. The molecule has 4 nitrogen and oxygen atoms in total. The summed E-state index contributed by atoms with van der Waals surface area (Å²) in [5, 5.41) is 2.82. The third kappa shape index (κ3) is 4.29. The number of nitrogens with one attached hydrogen (secondary N) is 2. The number of nitrogens with zero attached hydrogens (tertiary/aromatic N) is 1. The van der Waals surface area contributed by atoms with Crippen LogP contribution in [0.4, 0.5) is 8.78 Å². The number of rotatable bonds is 5. The minimum atomic E-state index is -2.57. The van der Waals surface area contributed by atoms with Gasteiger partial charge in [-0.05, 0) is 19.3 Å². The first-order valence-electron chi connectivity index (χ1n) is 6.71. The zero-order valence-electron chi connectivity index (χ0n) is 10.8. The molecule has 0 aromatic carbocycles. The SMILES string of the molecule is O=C(NCCCc1ncc[nH]1)C1CCC(F)(F)CC1. The Balaban J connectivity index is 1.62. The van der Waals surface area contributed by atoms with E-state index >= 15 is 0 Å². The topological polar surface area (TPSA) is 57.8 Å². The molecule has 0 aliphatic heterocycles. The Labute approximate surface area is 111 Å². The van der Waals surface area contributed by atoms with Crippen LogP contribution in [-0.4, -0.2) is 28.3 Å². The van der Waals surface area contributed by atoms with Crippen molar-refractivity contribution in [2.75, 3.05) is 6.54 Å². The summed E-state index contributed by atoms with van der Waals surface area (Å²) < 4.78 is 25.9. The molecule has 0 radical (unpaired) electrons. The van der Waals surface area contributed by atoms with Crippen molar-refractivity contribution in [1.29, 1.82) is 0 Å². The highest BCUT2D eigenvalue weighted by molar-refractivity contribution is 5.78. The molecule has 106 valence electrons. The summed E-state index contributed by atoms with van der Waals surface area (Å²) in [6.45, 7) is 0.562. The molecule has 0 unspecified atom stereocenters. The molecule has 19 heavy (non-hydrogen) atoms. The molecule has 0 spiro atoms. The Hall–Kier alpha value is -1.46. The van der Waals surface area contributed by atoms with Crippen molar-refractivity contribution < 1.29 is 13.6 Å². The molecule has 1 fully saturated rings. The second kappa shape index (κ2) is 6.12. The molecule has 0 bridgehead atoms. The van der Waals surface area contributed by atoms with E-state index in [0.29, 0.717) is 6.54 Å². The second-order valence-corrected chi connectivity index (χ2v) is 5.06. The van der Waals surface area contributed by atoms with Crippen LogP contribution in [0.3, 0.4) is 0 Å². The standard InChI is InChI=1S/C13H19F2N3O/c14-13(15)5-3-10(4-6-13)12(19)18-7-1-2-11-16-8-9-17-11/h8-10H,1-7H2,(H,16,17)(H,18,19). The number of aromatic amines is 1. The minimum Gasteiger partial charge on any atom is -0.356 e. The summed E-state index contributed by atoms with van der Waals surface area (Å²) in [6, 6.07) is 0. The molecule has 0 atom stereocenters. The molecule has 1 heterocycles. The van der Waals surface area contributed by atoms with E-state index in [1.165, 1.54) is 0 Å². The minimum absolute atomic E-state index is 0.0880. The number of hydrogen-bond donors (Lipinski definition) is 2. The number of imidazole rings is 1. The number of alkyl halides is 2. The maximum Gasteiger partial charge on any atom is 0.248 e. The number of H-pyrrole nitrogens is 1. The van der Waals surface area contributed by atoms with Gasteiger partial charge in [0.1, 0.15) is 5.82 Å². The molecule has 0 saturated heterocycles. The average Bonchev–Trinajstić information content (AvgIpc) is 2.87. The van der Waals surface area contributed by atoms with Gasteiger partial charge in [-0.3, -0.25) is 4.79 Å². The van der Waals surface area contributed by atoms with Crippen LogP contribution in [-0.2, 0) is 11.2 Å². The van der Waals surface area contributed by atoms with Gasteiger partial charge in [0.25, 0.3) is 0 Å². The predicted octanol–water partition coefficient (Wildman–Crippen LogP) is 2.28. The lowest BCUT2D eigenvalue weighted by Gasteiger charge is -2.27. The maximum absolute atomic E-state index is 13.0. The van der Waals surface area contributed by atoms with Gasteiger partial charge in [-0.15, -0.1) is 0 Å². The van der Waals surface area contributed by atoms with Crippen molar-refractivity contribution in [3.05, 3.63) is 18.2 Å². The first kappa shape index (κ1) is 14.0. The van der Waals surface area contributed by atoms with Crippen molar-refractivity contribution in [3.63, 3.8) is 0 Å². The molecule has 1 aromatic heterocycles. The number of hydrogen-bond acceptors (Lipinski definition) is 2. The van der Waals surface area contributed by atoms with Crippen LogP contribution in [0.2, 0.25) is 0 Å². The zero-order chi connectivity index (χ0) is 13.7. The first-order chi connectivity index (χ1) is 9.07. The number of amides is 1. The Morgan fingerprint density at radius 2 is 2.21 bits per heavy atom. The van der Waals surface area contributed by atoms with Crippen molar-refractivity contribution in [3.8, 4) is 0 Å². The van der Waals surface area contributed by atoms with Crippen LogP contribution in [0, 0.1) is 5.92 Å². The van der Waals surface area contributed by atoms with Crippen LogP contribution in [0.15, 0.2) is 12.4 Å². The Morgan fingerprint density at radius 3 is 2.84 bits per heavy atom. The van der Waals surface area contributed by atoms with E-state index in [9.17, 15) is 13.6 Å². The van der Waals surface area contributed by atoms with Gasteiger partial charge in [-0.1, -0.05) is 0 Å². The van der Waals surface area contributed by atoms with E-state index in [0.717, 1.165) is 18.7 Å². The van der Waals surface area contributed by atoms with Crippen molar-refractivity contribution in [1.82, 2.24) is 15.3 Å². The maximum atomic E-state index is 13.0. The van der Waals surface area contributed by atoms with Gasteiger partial charge >= 0.3 is 0 Å². The number of aromatic nitrogens is 2. The van der Waals surface area contributed by atoms with Crippen molar-refractivity contribution >= 4 is 5.91 Å². The number of carbonyl (C=O) groups is 1. The molecule has 1 aliphatic rings. The highest BCUT2D eigenvalue weighted by atomic mass is 19.3. The first-order valence-corrected chi connectivity index (χ1v) is 6.71. The summed E-state index contributed by atoms with van der Waals surface area (Å²) in [5.74, 6) is -2.01. The quantitative estimate of drug-likeness (QED) is 0.807. The van der Waals surface area contributed by atoms with E-state index < -0.39 is 5.92 Å². The third-order valence-corrected chi connectivity index (χ3v) is 3.53. The fourth-order valence-corrected chi connectivity index (χ4v) is 2.35. The van der Waals surface area contributed by atoms with E-state index in [-0.39, 0.29) is 37.5 Å². The largest absolute Gasteiger partial charge is 0.356 e. The summed E-state index contributed by atoms with van der Waals surface area (Å²) in [4.78, 5) is 18.9. The van der Waals surface area contributed by atoms with Gasteiger partial charge < -0.3 is 10.3 Å². The lowest BCUT2D eigenvalue weighted by molar-refractivity contribution is -0.129. The smallest absolute Gasteiger partial charge is 0.248 e. The normalized spacial score (nSPS) is 19.3. The lowest BCUT2D eigenvalue weighted by Crippen LogP contribution is -2.36. The number of halogens is 2. The lowest BCUT2D eigenvalue weighted by atomic mass is 9.86. The molecule has 1 saturated carbocycles. The Morgan fingerprint density at radius 1 is 1.47 bits per heavy atom. The van der Waals surface area contributed by atoms with Gasteiger partial charge in [-0.2, -0.15) is 0 Å². The monoisotopic (exact) mass is 271 g/mol. The Bertz CT molecular complexity index is 396. The van der Waals surface area contributed by atoms with Crippen molar-refractivity contribution in [2.24, 2.45) is 5.92 Å². The molecular weight excluding hydrogens is 252 g/mol. The van der Waals surface area contributed by atoms with Crippen LogP contribution < -0.4 is 5.32 Å². The molecule has 6 heteroatoms. The van der Waals surface area contributed by atoms with Crippen LogP contribution in [0.1, 0.15) is 37.9 Å². The highest BCUT2D eigenvalue weighted by Crippen LogP contribution is 2.36. The summed E-state index contributed by atoms with van der Waals surface area (Å²) >= 11 is 0. The highest BCUT2D eigenvalue weighted by Gasteiger charge is 2.37. The fourth-order valence-electron chi connectivity index (χ4n) is 2.35. The predicted molar refractivity (Wildman–Crippen MR) is 66.8 cm³/mol. The molecule has 1 aromatic rings. The number of aryl methyl sites for hydroxylation is 1. The molecule has 1 amide bonds. The molecule has 2 rings (SSSR count). The second-order valence-electron chi connectivity index (χ2n) is 5.06. The average molecular weight is 271 g/mol. The van der Waals surface area contributed by atoms with Crippen LogP contribution >= 0.6 is 0 Å². The van der Waals surface area contributed by atoms with Crippen molar-refractivity contribution in [2.45, 2.75) is 44.4 Å². The van der Waals surface area contributed by atoms with E-state index in [4.69, 9.17) is 0 Å². The van der Waals surface area contributed by atoms with Gasteiger partial charge in [0.2, 0.25) is 11.8 Å². The van der Waals surface area contributed by atoms with E-state index in [1.54, 1.807) is 12.4 Å². The zero-order valence-corrected chi connectivity index (χ0v) is 10.8. The third-order valence-electron chi connectivity index (χ3n) is 3.53. The molecular formula is C13H19F2N3O. The van der Waals surface area contributed by atoms with Gasteiger partial charge in [0.15, 0.2) is 0 Å². The van der Waals surface area contributed by atoms with E-state index in [2.05, 4.69) is 15.3 Å². The number of carbonyl (C=O) groups excluding carboxylic acids is 1. The van der Waals surface area contributed by atoms with Crippen LogP contribution in [0.25, 0.3) is 0 Å². The van der Waals surface area contributed by atoms with Gasteiger partial charge in [0, 0.05) is 44.1 Å². The van der Waals surface area contributed by atoms with E-state index in [1.807, 2.05) is 0 Å². The van der Waals surface area contributed by atoms with Gasteiger partial charge in [0.05, 0.1) is 0 Å². The van der Waals surface area contributed by atoms with Gasteiger partial charge in [-0.25, -0.2) is 13.8 Å². The van der Waals surface area contributed by atoms with Crippen LogP contribution in [0.5, 0.6) is 0 Å².